The van der Waals surface area contributed by atoms with E-state index in [1.165, 1.54) is 16.8 Å². The monoisotopic (exact) mass is 250 g/mol. The van der Waals surface area contributed by atoms with Crippen LogP contribution >= 0.6 is 0 Å². The molecule has 2 aromatic rings. The predicted molar refractivity (Wildman–Crippen MR) is 64.9 cm³/mol. The minimum absolute atomic E-state index is 0.353. The fourth-order valence-electron chi connectivity index (χ4n) is 2.39. The lowest BCUT2D eigenvalue weighted by Gasteiger charge is -2.21. The number of pyridine rings is 1. The number of nitrogens with zero attached hydrogens (tertiary/aromatic N) is 3. The van der Waals surface area contributed by atoms with Crippen molar-refractivity contribution in [3.63, 3.8) is 0 Å². The normalized spacial score (nSPS) is 18.3. The average molecular weight is 250 g/mol. The fourth-order valence-corrected chi connectivity index (χ4v) is 2.39. The van der Waals surface area contributed by atoms with Crippen molar-refractivity contribution in [1.82, 2.24) is 14.6 Å². The first-order valence-corrected chi connectivity index (χ1v) is 6.13. The van der Waals surface area contributed by atoms with Crippen molar-refractivity contribution in [2.45, 2.75) is 31.3 Å². The molecular weight excluding hydrogens is 235 g/mol. The summed E-state index contributed by atoms with van der Waals surface area (Å²) >= 11 is 0. The molecule has 0 aromatic carbocycles. The lowest BCUT2D eigenvalue weighted by molar-refractivity contribution is 0.0613. The highest BCUT2D eigenvalue weighted by atomic mass is 19.1. The van der Waals surface area contributed by atoms with Crippen molar-refractivity contribution >= 4 is 11.6 Å². The predicted octanol–water partition coefficient (Wildman–Crippen LogP) is 1.59. The van der Waals surface area contributed by atoms with Crippen LogP contribution in [0.3, 0.4) is 0 Å². The minimum Gasteiger partial charge on any atom is -0.388 e. The molecule has 0 atom stereocenters. The van der Waals surface area contributed by atoms with E-state index in [2.05, 4.69) is 15.4 Å². The maximum Gasteiger partial charge on any atom is 0.243 e. The van der Waals surface area contributed by atoms with Crippen LogP contribution in [0.1, 0.15) is 25.7 Å². The topological polar surface area (TPSA) is 62.5 Å². The van der Waals surface area contributed by atoms with E-state index < -0.39 is 5.60 Å². The molecule has 0 saturated heterocycles. The Kier molecular flexibility index (Phi) is 2.66. The highest BCUT2D eigenvalue weighted by Gasteiger charge is 2.31. The zero-order chi connectivity index (χ0) is 12.6. The Labute approximate surface area is 104 Å². The Hall–Kier alpha value is -1.69. The van der Waals surface area contributed by atoms with Crippen molar-refractivity contribution in [2.75, 3.05) is 11.9 Å². The molecule has 1 fully saturated rings. The molecular formula is C12H15FN4O. The van der Waals surface area contributed by atoms with Gasteiger partial charge in [0.25, 0.3) is 0 Å². The molecule has 96 valence electrons. The number of aromatic nitrogens is 3. The molecule has 6 heteroatoms. The van der Waals surface area contributed by atoms with Gasteiger partial charge in [0.1, 0.15) is 5.82 Å². The minimum atomic E-state index is -0.650. The molecule has 5 nitrogen and oxygen atoms in total. The number of anilines is 1. The van der Waals surface area contributed by atoms with Crippen molar-refractivity contribution < 1.29 is 9.50 Å². The van der Waals surface area contributed by atoms with Gasteiger partial charge < -0.3 is 10.4 Å². The van der Waals surface area contributed by atoms with Crippen molar-refractivity contribution in [1.29, 1.82) is 0 Å². The molecule has 1 aliphatic rings. The maximum absolute atomic E-state index is 13.0. The van der Waals surface area contributed by atoms with Crippen LogP contribution in [0, 0.1) is 5.82 Å². The summed E-state index contributed by atoms with van der Waals surface area (Å²) in [5, 5.41) is 17.3. The van der Waals surface area contributed by atoms with Gasteiger partial charge in [-0.3, -0.25) is 0 Å². The quantitative estimate of drug-likeness (QED) is 0.868. The molecule has 1 aliphatic carbocycles. The summed E-state index contributed by atoms with van der Waals surface area (Å²) < 4.78 is 14.4. The van der Waals surface area contributed by atoms with Gasteiger partial charge in [-0.2, -0.15) is 4.98 Å². The van der Waals surface area contributed by atoms with Crippen LogP contribution in [0.25, 0.3) is 5.65 Å². The van der Waals surface area contributed by atoms with Gasteiger partial charge in [0.05, 0.1) is 11.8 Å². The van der Waals surface area contributed by atoms with Gasteiger partial charge >= 0.3 is 0 Å². The molecule has 1 saturated carbocycles. The average Bonchev–Trinajstić information content (AvgIpc) is 2.93. The molecule has 2 N–H and O–H groups in total. The summed E-state index contributed by atoms with van der Waals surface area (Å²) in [5.74, 6) is 0.0642. The van der Waals surface area contributed by atoms with E-state index in [9.17, 15) is 9.50 Å². The van der Waals surface area contributed by atoms with Crippen molar-refractivity contribution in [3.05, 3.63) is 24.1 Å². The van der Waals surface area contributed by atoms with Crippen LogP contribution in [0.15, 0.2) is 18.3 Å². The number of nitrogens with one attached hydrogen (secondary N) is 1. The maximum atomic E-state index is 13.0. The Morgan fingerprint density at radius 2 is 2.17 bits per heavy atom. The van der Waals surface area contributed by atoms with Crippen LogP contribution in [0.5, 0.6) is 0 Å². The van der Waals surface area contributed by atoms with Gasteiger partial charge in [-0.15, -0.1) is 5.10 Å². The zero-order valence-electron chi connectivity index (χ0n) is 9.93. The first kappa shape index (κ1) is 11.4. The molecule has 0 unspecified atom stereocenters. The van der Waals surface area contributed by atoms with E-state index in [1.54, 1.807) is 6.07 Å². The summed E-state index contributed by atoms with van der Waals surface area (Å²) in [5.41, 5.74) is -0.0692. The van der Waals surface area contributed by atoms with Crippen LogP contribution in [0.2, 0.25) is 0 Å². The van der Waals surface area contributed by atoms with Gasteiger partial charge in [0, 0.05) is 6.54 Å². The van der Waals surface area contributed by atoms with E-state index in [4.69, 9.17) is 0 Å². The van der Waals surface area contributed by atoms with E-state index in [0.717, 1.165) is 25.7 Å². The van der Waals surface area contributed by atoms with Gasteiger partial charge in [0.2, 0.25) is 5.95 Å². The summed E-state index contributed by atoms with van der Waals surface area (Å²) in [6.07, 6.45) is 5.01. The molecule has 2 aromatic heterocycles. The third-order valence-corrected chi connectivity index (χ3v) is 3.40. The van der Waals surface area contributed by atoms with Crippen molar-refractivity contribution in [3.8, 4) is 0 Å². The second-order valence-corrected chi connectivity index (χ2v) is 4.87. The van der Waals surface area contributed by atoms with Gasteiger partial charge in [-0.05, 0) is 25.0 Å². The molecule has 2 heterocycles. The molecule has 18 heavy (non-hydrogen) atoms. The molecule has 3 rings (SSSR count). The highest BCUT2D eigenvalue weighted by Crippen LogP contribution is 2.29. The molecule has 0 bridgehead atoms. The summed E-state index contributed by atoms with van der Waals surface area (Å²) in [6, 6.07) is 2.91. The van der Waals surface area contributed by atoms with Gasteiger partial charge in [0.15, 0.2) is 5.65 Å². The zero-order valence-corrected chi connectivity index (χ0v) is 9.93. The number of halogens is 1. The second-order valence-electron chi connectivity index (χ2n) is 4.87. The van der Waals surface area contributed by atoms with Crippen molar-refractivity contribution in [2.24, 2.45) is 0 Å². The van der Waals surface area contributed by atoms with Crippen LogP contribution in [-0.4, -0.2) is 31.9 Å². The Morgan fingerprint density at radius 3 is 2.94 bits per heavy atom. The number of fused-ring (bicyclic) bond motifs is 1. The summed E-state index contributed by atoms with van der Waals surface area (Å²) in [7, 11) is 0. The van der Waals surface area contributed by atoms with E-state index in [1.807, 2.05) is 0 Å². The third kappa shape index (κ3) is 2.15. The molecule has 0 aliphatic heterocycles. The van der Waals surface area contributed by atoms with Gasteiger partial charge in [-0.25, -0.2) is 8.91 Å². The summed E-state index contributed by atoms with van der Waals surface area (Å²) in [6.45, 7) is 0.437. The molecule has 0 radical (unpaired) electrons. The number of hydrogen-bond acceptors (Lipinski definition) is 4. The van der Waals surface area contributed by atoms with Crippen LogP contribution < -0.4 is 5.32 Å². The Morgan fingerprint density at radius 1 is 1.39 bits per heavy atom. The number of hydrogen-bond donors (Lipinski definition) is 2. The smallest absolute Gasteiger partial charge is 0.243 e. The largest absolute Gasteiger partial charge is 0.388 e. The van der Waals surface area contributed by atoms with Crippen LogP contribution in [0.4, 0.5) is 10.3 Å². The Bertz CT molecular complexity index is 562. The Balaban J connectivity index is 1.74. The summed E-state index contributed by atoms with van der Waals surface area (Å²) in [4.78, 5) is 4.21. The van der Waals surface area contributed by atoms with Gasteiger partial charge in [-0.1, -0.05) is 12.8 Å². The van der Waals surface area contributed by atoms with E-state index >= 15 is 0 Å². The van der Waals surface area contributed by atoms with Crippen LogP contribution in [-0.2, 0) is 0 Å². The molecule has 0 spiro atoms. The standard InChI is InChI=1S/C12H15FN4O/c13-9-3-4-10-15-11(16-17(10)7-9)14-8-12(18)5-1-2-6-12/h3-4,7,18H,1-2,5-6,8H2,(H,14,16). The first-order valence-electron chi connectivity index (χ1n) is 6.13. The number of aliphatic hydroxyl groups is 1. The SMILES string of the molecule is OC1(CNc2nc3ccc(F)cn3n2)CCCC1. The lowest BCUT2D eigenvalue weighted by atomic mass is 10.0. The third-order valence-electron chi connectivity index (χ3n) is 3.40. The highest BCUT2D eigenvalue weighted by molar-refractivity contribution is 5.43. The first-order chi connectivity index (χ1) is 8.65. The fraction of sp³-hybridized carbons (Fsp3) is 0.500. The second kappa shape index (κ2) is 4.20. The van der Waals surface area contributed by atoms with E-state index in [-0.39, 0.29) is 5.82 Å². The number of rotatable bonds is 3. The lowest BCUT2D eigenvalue weighted by Crippen LogP contribution is -2.33. The molecule has 0 amide bonds. The van der Waals surface area contributed by atoms with E-state index in [0.29, 0.717) is 18.1 Å².